The summed E-state index contributed by atoms with van der Waals surface area (Å²) in [4.78, 5) is 25.9. The molecule has 2 rings (SSSR count). The molecule has 0 aromatic heterocycles. The topological polar surface area (TPSA) is 81.1 Å². The molecule has 0 radical (unpaired) electrons. The summed E-state index contributed by atoms with van der Waals surface area (Å²) in [6, 6.07) is 11.4. The van der Waals surface area contributed by atoms with E-state index in [0.29, 0.717) is 11.5 Å². The van der Waals surface area contributed by atoms with Crippen molar-refractivity contribution in [2.75, 3.05) is 39.7 Å². The number of likely N-dealkylation sites (N-methyl/N-ethyl adjacent to an activating group) is 1. The highest BCUT2D eigenvalue weighted by Crippen LogP contribution is 2.27. The van der Waals surface area contributed by atoms with Gasteiger partial charge < -0.3 is 25.0 Å². The molecular weight excluding hydrogens is 394 g/mol. The summed E-state index contributed by atoms with van der Waals surface area (Å²) in [5.41, 5.74) is 3.89. The number of carbonyl (C=O) groups excluding carboxylic acids is 2. The van der Waals surface area contributed by atoms with Crippen LogP contribution >= 0.6 is 0 Å². The van der Waals surface area contributed by atoms with Crippen LogP contribution in [-0.4, -0.2) is 52.2 Å². The van der Waals surface area contributed by atoms with Gasteiger partial charge in [-0.1, -0.05) is 24.3 Å². The number of para-hydroxylation sites is 1. The molecule has 1 unspecified atom stereocenters. The van der Waals surface area contributed by atoms with Gasteiger partial charge in [0.1, 0.15) is 0 Å². The van der Waals surface area contributed by atoms with Gasteiger partial charge >= 0.3 is 0 Å². The minimum atomic E-state index is -0.284. The Morgan fingerprint density at radius 3 is 2.29 bits per heavy atom. The second kappa shape index (κ2) is 11.4. The van der Waals surface area contributed by atoms with E-state index in [9.17, 15) is 9.59 Å². The number of hydrogen-bond donors (Lipinski definition) is 3. The Kier molecular flexibility index (Phi) is 8.88. The minimum absolute atomic E-state index is 0.0556. The molecule has 2 aromatic rings. The molecule has 7 nitrogen and oxygen atoms in total. The lowest BCUT2D eigenvalue weighted by Gasteiger charge is -2.21. The number of rotatable bonds is 10. The van der Waals surface area contributed by atoms with Crippen LogP contribution in [0.1, 0.15) is 23.6 Å². The summed E-state index contributed by atoms with van der Waals surface area (Å²) < 4.78 is 10.6. The van der Waals surface area contributed by atoms with Gasteiger partial charge in [0, 0.05) is 12.1 Å². The number of carbonyl (C=O) groups is 2. The lowest BCUT2D eigenvalue weighted by Crippen LogP contribution is -3.14. The fourth-order valence-electron chi connectivity index (χ4n) is 3.33. The third-order valence-corrected chi connectivity index (χ3v) is 5.56. The number of anilines is 1. The van der Waals surface area contributed by atoms with Crippen molar-refractivity contribution in [3.05, 3.63) is 53.1 Å². The Hall–Kier alpha value is -3.06. The third kappa shape index (κ3) is 6.72. The zero-order valence-corrected chi connectivity index (χ0v) is 19.3. The van der Waals surface area contributed by atoms with Crippen molar-refractivity contribution < 1.29 is 24.0 Å². The molecule has 0 aliphatic rings. The van der Waals surface area contributed by atoms with E-state index in [1.165, 1.54) is 0 Å². The highest BCUT2D eigenvalue weighted by Gasteiger charge is 2.22. The van der Waals surface area contributed by atoms with Gasteiger partial charge in [0.2, 0.25) is 5.91 Å². The number of aryl methyl sites for hydroxylation is 2. The molecule has 0 fully saturated rings. The van der Waals surface area contributed by atoms with E-state index >= 15 is 0 Å². The summed E-state index contributed by atoms with van der Waals surface area (Å²) in [5, 5.41) is 5.63. The van der Waals surface area contributed by atoms with E-state index in [2.05, 4.69) is 10.6 Å². The number of methoxy groups -OCH3 is 2. The Morgan fingerprint density at radius 2 is 1.68 bits per heavy atom. The zero-order chi connectivity index (χ0) is 23.0. The maximum Gasteiger partial charge on any atom is 0.278 e. The Bertz CT molecular complexity index is 893. The van der Waals surface area contributed by atoms with Crippen LogP contribution in [0.15, 0.2) is 36.4 Å². The smallest absolute Gasteiger partial charge is 0.278 e. The van der Waals surface area contributed by atoms with E-state index < -0.39 is 0 Å². The zero-order valence-electron chi connectivity index (χ0n) is 19.3. The fraction of sp³-hybridized carbons (Fsp3) is 0.417. The van der Waals surface area contributed by atoms with Crippen molar-refractivity contribution >= 4 is 17.5 Å². The second-order valence-corrected chi connectivity index (χ2v) is 7.79. The Morgan fingerprint density at radius 1 is 1.03 bits per heavy atom. The van der Waals surface area contributed by atoms with Crippen LogP contribution in [0.2, 0.25) is 0 Å². The van der Waals surface area contributed by atoms with Crippen LogP contribution < -0.4 is 25.0 Å². The summed E-state index contributed by atoms with van der Waals surface area (Å²) >= 11 is 0. The van der Waals surface area contributed by atoms with Gasteiger partial charge in [-0.2, -0.15) is 0 Å². The Balaban J connectivity index is 1.83. The van der Waals surface area contributed by atoms with E-state index in [4.69, 9.17) is 9.47 Å². The van der Waals surface area contributed by atoms with Gasteiger partial charge in [-0.3, -0.25) is 9.59 Å². The van der Waals surface area contributed by atoms with Crippen LogP contribution in [0.5, 0.6) is 11.5 Å². The average molecular weight is 429 g/mol. The highest BCUT2D eigenvalue weighted by molar-refractivity contribution is 5.96. The number of amides is 2. The molecule has 0 spiro atoms. The van der Waals surface area contributed by atoms with Crippen molar-refractivity contribution in [1.29, 1.82) is 0 Å². The standard InChI is InChI=1S/C24H33N3O4/c1-16-8-7-9-17(2)23(16)26-22(28)15-25-24(29)18(3)27(4)13-12-19-10-11-20(30-5)21(14-19)31-6/h7-11,14,18H,12-13,15H2,1-6H3,(H,25,29)(H,26,28)/p+1/t18-/m0/s1. The second-order valence-electron chi connectivity index (χ2n) is 7.79. The van der Waals surface area contributed by atoms with Gasteiger partial charge in [0.25, 0.3) is 5.91 Å². The fourth-order valence-corrected chi connectivity index (χ4v) is 3.33. The van der Waals surface area contributed by atoms with Gasteiger partial charge in [-0.15, -0.1) is 0 Å². The van der Waals surface area contributed by atoms with Crippen molar-refractivity contribution in [3.8, 4) is 11.5 Å². The average Bonchev–Trinajstić information content (AvgIpc) is 2.77. The maximum atomic E-state index is 12.5. The molecule has 2 amide bonds. The first-order valence-electron chi connectivity index (χ1n) is 10.4. The highest BCUT2D eigenvalue weighted by atomic mass is 16.5. The predicted octanol–water partition coefficient (Wildman–Crippen LogP) is 1.52. The molecule has 0 aliphatic carbocycles. The largest absolute Gasteiger partial charge is 0.493 e. The van der Waals surface area contributed by atoms with Gasteiger partial charge in [0.05, 0.1) is 34.4 Å². The minimum Gasteiger partial charge on any atom is -0.493 e. The maximum absolute atomic E-state index is 12.5. The van der Waals surface area contributed by atoms with Crippen molar-refractivity contribution in [3.63, 3.8) is 0 Å². The Labute approximate surface area is 184 Å². The number of nitrogens with one attached hydrogen (secondary N) is 3. The van der Waals surface area contributed by atoms with E-state index in [1.54, 1.807) is 14.2 Å². The van der Waals surface area contributed by atoms with E-state index in [1.807, 2.05) is 64.2 Å². The molecule has 2 atom stereocenters. The van der Waals surface area contributed by atoms with Gasteiger partial charge in [0.15, 0.2) is 17.5 Å². The van der Waals surface area contributed by atoms with Crippen molar-refractivity contribution in [2.45, 2.75) is 33.2 Å². The van der Waals surface area contributed by atoms with Crippen LogP contribution in [0.25, 0.3) is 0 Å². The summed E-state index contributed by atoms with van der Waals surface area (Å²) in [6.45, 7) is 6.46. The van der Waals surface area contributed by atoms with Crippen LogP contribution in [0.3, 0.4) is 0 Å². The first-order chi connectivity index (χ1) is 14.8. The number of quaternary nitrogens is 1. The first kappa shape index (κ1) is 24.2. The lowest BCUT2D eigenvalue weighted by atomic mass is 10.1. The van der Waals surface area contributed by atoms with Crippen LogP contribution in [0.4, 0.5) is 5.69 Å². The molecule has 2 aromatic carbocycles. The molecular formula is C24H34N3O4+. The molecule has 7 heteroatoms. The third-order valence-electron chi connectivity index (χ3n) is 5.56. The van der Waals surface area contributed by atoms with Crippen molar-refractivity contribution in [1.82, 2.24) is 5.32 Å². The molecule has 168 valence electrons. The van der Waals surface area contributed by atoms with Crippen molar-refractivity contribution in [2.24, 2.45) is 0 Å². The molecule has 31 heavy (non-hydrogen) atoms. The first-order valence-corrected chi connectivity index (χ1v) is 10.4. The molecule has 0 bridgehead atoms. The van der Waals surface area contributed by atoms with Gasteiger partial charge in [-0.05, 0) is 49.6 Å². The molecule has 0 heterocycles. The predicted molar refractivity (Wildman–Crippen MR) is 122 cm³/mol. The molecule has 3 N–H and O–H groups in total. The normalized spacial score (nSPS) is 12.6. The number of hydrogen-bond acceptors (Lipinski definition) is 4. The lowest BCUT2D eigenvalue weighted by molar-refractivity contribution is -0.894. The SMILES string of the molecule is COc1ccc(CC[NH+](C)[C@@H](C)C(=O)NCC(=O)Nc2c(C)cccc2C)cc1OC. The quantitative estimate of drug-likeness (QED) is 0.536. The van der Waals surface area contributed by atoms with E-state index in [-0.39, 0.29) is 24.4 Å². The number of benzene rings is 2. The number of ether oxygens (including phenoxy) is 2. The van der Waals surface area contributed by atoms with Crippen LogP contribution in [-0.2, 0) is 16.0 Å². The summed E-state index contributed by atoms with van der Waals surface area (Å²) in [5.74, 6) is 1.000. The molecule has 0 saturated carbocycles. The molecule has 0 saturated heterocycles. The van der Waals surface area contributed by atoms with E-state index in [0.717, 1.165) is 40.2 Å². The van der Waals surface area contributed by atoms with Crippen LogP contribution in [0, 0.1) is 13.8 Å². The molecule has 0 aliphatic heterocycles. The monoisotopic (exact) mass is 428 g/mol. The summed E-state index contributed by atoms with van der Waals surface area (Å²) in [7, 11) is 5.20. The van der Waals surface area contributed by atoms with Gasteiger partial charge in [-0.25, -0.2) is 0 Å². The summed E-state index contributed by atoms with van der Waals surface area (Å²) in [6.07, 6.45) is 0.789.